The van der Waals surface area contributed by atoms with Gasteiger partial charge in [0.1, 0.15) is 0 Å². The molecule has 1 amide bonds. The number of likely N-dealkylation sites (N-methyl/N-ethyl adjacent to an activating group) is 1. The molecule has 0 spiro atoms. The normalized spacial score (nSPS) is 11.7. The first kappa shape index (κ1) is 19.7. The summed E-state index contributed by atoms with van der Waals surface area (Å²) in [4.78, 5) is 17.5. The summed E-state index contributed by atoms with van der Waals surface area (Å²) in [6.07, 6.45) is 1.67. The quantitative estimate of drug-likeness (QED) is 0.352. The Bertz CT molecular complexity index is 696. The topological polar surface area (TPSA) is 117 Å². The van der Waals surface area contributed by atoms with Crippen LogP contribution in [-0.2, 0) is 21.4 Å². The van der Waals surface area contributed by atoms with Crippen molar-refractivity contribution in [2.45, 2.75) is 11.4 Å². The minimum atomic E-state index is -3.70. The number of aliphatic imine (C=N–C) groups is 1. The number of carbonyl (C=O) groups is 1. The lowest BCUT2D eigenvalue weighted by molar-refractivity contribution is -0.127. The molecule has 0 aromatic heterocycles. The van der Waals surface area contributed by atoms with E-state index >= 15 is 0 Å². The molecular formula is C15H23N5O3S. The van der Waals surface area contributed by atoms with E-state index < -0.39 is 10.0 Å². The molecule has 0 bridgehead atoms. The molecule has 24 heavy (non-hydrogen) atoms. The van der Waals surface area contributed by atoms with Crippen LogP contribution in [0.25, 0.3) is 0 Å². The van der Waals surface area contributed by atoms with Gasteiger partial charge in [-0.05, 0) is 17.7 Å². The van der Waals surface area contributed by atoms with Gasteiger partial charge in [-0.2, -0.15) is 0 Å². The summed E-state index contributed by atoms with van der Waals surface area (Å²) in [5, 5.41) is 11.0. The predicted octanol–water partition coefficient (Wildman–Crippen LogP) is -0.357. The van der Waals surface area contributed by atoms with Crippen LogP contribution in [0.2, 0.25) is 0 Å². The van der Waals surface area contributed by atoms with Crippen molar-refractivity contribution in [3.63, 3.8) is 0 Å². The zero-order valence-electron chi connectivity index (χ0n) is 13.8. The average Bonchev–Trinajstić information content (AvgIpc) is 2.53. The average molecular weight is 353 g/mol. The number of hydrogen-bond acceptors (Lipinski definition) is 4. The second-order valence-corrected chi connectivity index (χ2v) is 6.73. The number of hydrogen-bond donors (Lipinski definition) is 3. The minimum Gasteiger partial charge on any atom is -0.353 e. The van der Waals surface area contributed by atoms with E-state index in [0.717, 1.165) is 5.56 Å². The molecule has 0 radical (unpaired) electrons. The van der Waals surface area contributed by atoms with Gasteiger partial charge in [0.15, 0.2) is 5.96 Å². The number of nitrogens with one attached hydrogen (secondary N) is 2. The summed E-state index contributed by atoms with van der Waals surface area (Å²) in [6.45, 7) is 4.53. The highest BCUT2D eigenvalue weighted by Gasteiger charge is 2.07. The summed E-state index contributed by atoms with van der Waals surface area (Å²) < 4.78 is 22.4. The molecule has 0 aliphatic carbocycles. The molecule has 0 aliphatic heterocycles. The van der Waals surface area contributed by atoms with Gasteiger partial charge in [0.05, 0.1) is 18.0 Å². The molecule has 1 aromatic carbocycles. The maximum atomic E-state index is 11.6. The van der Waals surface area contributed by atoms with Gasteiger partial charge < -0.3 is 15.5 Å². The third-order valence-electron chi connectivity index (χ3n) is 2.99. The Morgan fingerprint density at radius 3 is 2.42 bits per heavy atom. The second kappa shape index (κ2) is 9.04. The molecule has 1 aromatic rings. The van der Waals surface area contributed by atoms with Gasteiger partial charge in [0, 0.05) is 20.6 Å². The highest BCUT2D eigenvalue weighted by Crippen LogP contribution is 2.09. The number of nitrogens with two attached hydrogens (primary N) is 1. The van der Waals surface area contributed by atoms with Crippen LogP contribution in [-0.4, -0.2) is 52.4 Å². The molecular weight excluding hydrogens is 330 g/mol. The Morgan fingerprint density at radius 2 is 1.92 bits per heavy atom. The lowest BCUT2D eigenvalue weighted by atomic mass is 10.2. The van der Waals surface area contributed by atoms with Gasteiger partial charge in [0.25, 0.3) is 0 Å². The van der Waals surface area contributed by atoms with Crippen molar-refractivity contribution < 1.29 is 13.2 Å². The van der Waals surface area contributed by atoms with Crippen molar-refractivity contribution in [3.05, 3.63) is 42.5 Å². The minimum absolute atomic E-state index is 0.0509. The van der Waals surface area contributed by atoms with Crippen molar-refractivity contribution in [3.8, 4) is 0 Å². The molecule has 0 fully saturated rings. The van der Waals surface area contributed by atoms with Gasteiger partial charge in [-0.25, -0.2) is 18.5 Å². The number of sulfonamides is 1. The maximum absolute atomic E-state index is 11.6. The molecule has 0 saturated heterocycles. The van der Waals surface area contributed by atoms with Gasteiger partial charge >= 0.3 is 0 Å². The SMILES string of the molecule is C=CCNC(=NCc1ccc(S(N)(=O)=O)cc1)NCC(=O)N(C)C. The molecule has 8 nitrogen and oxygen atoms in total. The van der Waals surface area contributed by atoms with E-state index in [1.54, 1.807) is 32.3 Å². The smallest absolute Gasteiger partial charge is 0.241 e. The first-order chi connectivity index (χ1) is 11.2. The van der Waals surface area contributed by atoms with Crippen LogP contribution in [0.1, 0.15) is 5.56 Å². The van der Waals surface area contributed by atoms with Gasteiger partial charge in [0.2, 0.25) is 15.9 Å². The van der Waals surface area contributed by atoms with Crippen LogP contribution in [0.3, 0.4) is 0 Å². The Labute approximate surface area is 142 Å². The highest BCUT2D eigenvalue weighted by atomic mass is 32.2. The summed E-state index contributed by atoms with van der Waals surface area (Å²) in [5.41, 5.74) is 0.807. The molecule has 0 unspecified atom stereocenters. The van der Waals surface area contributed by atoms with Crippen LogP contribution in [0.15, 0.2) is 46.8 Å². The van der Waals surface area contributed by atoms with Crippen molar-refractivity contribution in [1.82, 2.24) is 15.5 Å². The number of amides is 1. The number of benzene rings is 1. The Balaban J connectivity index is 2.75. The van der Waals surface area contributed by atoms with Crippen LogP contribution in [0.4, 0.5) is 0 Å². The Morgan fingerprint density at radius 1 is 1.29 bits per heavy atom. The molecule has 1 rings (SSSR count). The summed E-state index contributed by atoms with van der Waals surface area (Å²) in [7, 11) is -0.360. The fourth-order valence-corrected chi connectivity index (χ4v) is 2.13. The largest absolute Gasteiger partial charge is 0.353 e. The Kier molecular flexibility index (Phi) is 7.40. The van der Waals surface area contributed by atoms with Crippen LogP contribution < -0.4 is 15.8 Å². The number of primary sulfonamides is 1. The number of guanidine groups is 1. The molecule has 9 heteroatoms. The fourth-order valence-electron chi connectivity index (χ4n) is 1.62. The van der Waals surface area contributed by atoms with Crippen molar-refractivity contribution in [2.24, 2.45) is 10.1 Å². The zero-order chi connectivity index (χ0) is 18.2. The van der Waals surface area contributed by atoms with E-state index in [1.807, 2.05) is 0 Å². The summed E-state index contributed by atoms with van der Waals surface area (Å²) >= 11 is 0. The fraction of sp³-hybridized carbons (Fsp3) is 0.333. The number of nitrogens with zero attached hydrogens (tertiary/aromatic N) is 2. The number of rotatable bonds is 7. The first-order valence-corrected chi connectivity index (χ1v) is 8.73. The van der Waals surface area contributed by atoms with E-state index in [-0.39, 0.29) is 17.3 Å². The lowest BCUT2D eigenvalue weighted by Gasteiger charge is -2.14. The molecule has 132 valence electrons. The monoisotopic (exact) mass is 353 g/mol. The van der Waals surface area contributed by atoms with E-state index in [2.05, 4.69) is 22.2 Å². The molecule has 0 saturated carbocycles. The maximum Gasteiger partial charge on any atom is 0.241 e. The third-order valence-corrected chi connectivity index (χ3v) is 3.92. The van der Waals surface area contributed by atoms with Crippen molar-refractivity contribution in [2.75, 3.05) is 27.2 Å². The molecule has 0 aliphatic rings. The first-order valence-electron chi connectivity index (χ1n) is 7.19. The third kappa shape index (κ3) is 6.80. The second-order valence-electron chi connectivity index (χ2n) is 5.17. The van der Waals surface area contributed by atoms with Crippen molar-refractivity contribution >= 4 is 21.9 Å². The van der Waals surface area contributed by atoms with Crippen LogP contribution >= 0.6 is 0 Å². The van der Waals surface area contributed by atoms with Crippen LogP contribution in [0, 0.1) is 0 Å². The lowest BCUT2D eigenvalue weighted by Crippen LogP contribution is -2.43. The van der Waals surface area contributed by atoms with E-state index in [9.17, 15) is 13.2 Å². The van der Waals surface area contributed by atoms with Gasteiger partial charge in [-0.1, -0.05) is 18.2 Å². The Hall–Kier alpha value is -2.39. The van der Waals surface area contributed by atoms with Gasteiger partial charge in [-0.15, -0.1) is 6.58 Å². The predicted molar refractivity (Wildman–Crippen MR) is 93.9 cm³/mol. The molecule has 0 atom stereocenters. The highest BCUT2D eigenvalue weighted by molar-refractivity contribution is 7.89. The standard InChI is InChI=1S/C15H23N5O3S/c1-4-9-17-15(19-11-14(21)20(2)3)18-10-12-5-7-13(8-6-12)24(16,22)23/h4-8H,1,9-11H2,2-3H3,(H2,16,22,23)(H2,17,18,19). The molecule has 0 heterocycles. The van der Waals surface area contributed by atoms with Crippen LogP contribution in [0.5, 0.6) is 0 Å². The van der Waals surface area contributed by atoms with E-state index in [4.69, 9.17) is 5.14 Å². The summed E-state index contributed by atoms with van der Waals surface area (Å²) in [5.74, 6) is 0.376. The zero-order valence-corrected chi connectivity index (χ0v) is 14.6. The number of carbonyl (C=O) groups excluding carboxylic acids is 1. The van der Waals surface area contributed by atoms with Crippen molar-refractivity contribution in [1.29, 1.82) is 0 Å². The van der Waals surface area contributed by atoms with E-state index in [0.29, 0.717) is 19.0 Å². The van der Waals surface area contributed by atoms with E-state index in [1.165, 1.54) is 17.0 Å². The van der Waals surface area contributed by atoms with Gasteiger partial charge in [-0.3, -0.25) is 4.79 Å². The summed E-state index contributed by atoms with van der Waals surface area (Å²) in [6, 6.07) is 6.14. The molecule has 4 N–H and O–H groups in total.